The maximum Gasteiger partial charge on any atom is 0.296 e. The van der Waals surface area contributed by atoms with Gasteiger partial charge in [-0.1, -0.05) is 6.07 Å². The first-order valence-corrected chi connectivity index (χ1v) is 7.93. The summed E-state index contributed by atoms with van der Waals surface area (Å²) in [5.74, 6) is 0.800. The Morgan fingerprint density at radius 3 is 2.58 bits per heavy atom. The Kier molecular flexibility index (Phi) is 4.32. The van der Waals surface area contributed by atoms with Crippen LogP contribution in [0.2, 0.25) is 0 Å². The lowest BCUT2D eigenvalue weighted by Crippen LogP contribution is -2.21. The first-order valence-electron chi connectivity index (χ1n) is 5.31. The second-order valence-corrected chi connectivity index (χ2v) is 6.14. The summed E-state index contributed by atoms with van der Waals surface area (Å²) in [5.41, 5.74) is 1.17. The molecule has 102 valence electrons. The SMILES string of the molecule is NS(=O)(=O)Nc1cccc(NCc2ccc(I)o2)c1. The molecule has 1 aromatic heterocycles. The van der Waals surface area contributed by atoms with Crippen LogP contribution < -0.4 is 15.2 Å². The second-order valence-electron chi connectivity index (χ2n) is 3.79. The number of rotatable bonds is 5. The normalized spacial score (nSPS) is 11.3. The second kappa shape index (κ2) is 5.80. The fourth-order valence-corrected chi connectivity index (χ4v) is 2.41. The Bertz CT molecular complexity index is 669. The monoisotopic (exact) mass is 393 g/mol. The van der Waals surface area contributed by atoms with Crippen LogP contribution in [0, 0.1) is 3.77 Å². The van der Waals surface area contributed by atoms with Crippen LogP contribution in [-0.2, 0) is 16.8 Å². The minimum atomic E-state index is -3.75. The number of benzene rings is 1. The Morgan fingerprint density at radius 2 is 1.95 bits per heavy atom. The fourth-order valence-electron chi connectivity index (χ4n) is 1.49. The molecule has 0 unspecified atom stereocenters. The van der Waals surface area contributed by atoms with Crippen molar-refractivity contribution in [3.05, 3.63) is 45.9 Å². The van der Waals surface area contributed by atoms with Crippen LogP contribution in [0.1, 0.15) is 5.76 Å². The van der Waals surface area contributed by atoms with Gasteiger partial charge in [0.1, 0.15) is 5.76 Å². The van der Waals surface area contributed by atoms with E-state index in [1.165, 1.54) is 0 Å². The van der Waals surface area contributed by atoms with E-state index in [0.717, 1.165) is 15.2 Å². The molecule has 19 heavy (non-hydrogen) atoms. The zero-order valence-corrected chi connectivity index (χ0v) is 12.7. The molecule has 2 aromatic rings. The molecule has 4 N–H and O–H groups in total. The van der Waals surface area contributed by atoms with Gasteiger partial charge in [-0.3, -0.25) is 4.72 Å². The van der Waals surface area contributed by atoms with Gasteiger partial charge < -0.3 is 9.73 Å². The van der Waals surface area contributed by atoms with Crippen LogP contribution in [0.15, 0.2) is 40.8 Å². The van der Waals surface area contributed by atoms with Crippen molar-refractivity contribution in [3.8, 4) is 0 Å². The lowest BCUT2D eigenvalue weighted by molar-refractivity contribution is 0.493. The van der Waals surface area contributed by atoms with Crippen molar-refractivity contribution >= 4 is 44.2 Å². The van der Waals surface area contributed by atoms with E-state index in [1.54, 1.807) is 18.2 Å². The molecule has 0 aliphatic carbocycles. The zero-order valence-electron chi connectivity index (χ0n) is 9.76. The summed E-state index contributed by atoms with van der Waals surface area (Å²) in [6.07, 6.45) is 0. The third-order valence-corrected chi connectivity index (χ3v) is 3.32. The molecular weight excluding hydrogens is 381 g/mol. The van der Waals surface area contributed by atoms with Crippen LogP contribution in [0.25, 0.3) is 0 Å². The van der Waals surface area contributed by atoms with Gasteiger partial charge in [-0.15, -0.1) is 0 Å². The minimum Gasteiger partial charge on any atom is -0.454 e. The van der Waals surface area contributed by atoms with E-state index < -0.39 is 10.2 Å². The van der Waals surface area contributed by atoms with E-state index in [4.69, 9.17) is 9.56 Å². The van der Waals surface area contributed by atoms with Crippen molar-refractivity contribution in [2.24, 2.45) is 5.14 Å². The van der Waals surface area contributed by atoms with Crippen LogP contribution in [0.3, 0.4) is 0 Å². The lowest BCUT2D eigenvalue weighted by atomic mass is 10.3. The van der Waals surface area contributed by atoms with Crippen LogP contribution >= 0.6 is 22.6 Å². The van der Waals surface area contributed by atoms with Gasteiger partial charge in [0, 0.05) is 5.69 Å². The van der Waals surface area contributed by atoms with Crippen molar-refractivity contribution in [2.45, 2.75) is 6.54 Å². The van der Waals surface area contributed by atoms with Crippen LogP contribution in [0.4, 0.5) is 11.4 Å². The quantitative estimate of drug-likeness (QED) is 0.678. The van der Waals surface area contributed by atoms with Crippen molar-refractivity contribution in [3.63, 3.8) is 0 Å². The van der Waals surface area contributed by atoms with Gasteiger partial charge in [0.05, 0.1) is 12.2 Å². The number of nitrogens with two attached hydrogens (primary N) is 1. The first-order chi connectivity index (χ1) is 8.92. The largest absolute Gasteiger partial charge is 0.454 e. The topological polar surface area (TPSA) is 97.4 Å². The number of halogens is 1. The van der Waals surface area contributed by atoms with Gasteiger partial charge in [0.2, 0.25) is 0 Å². The summed E-state index contributed by atoms with van der Waals surface area (Å²) >= 11 is 2.09. The molecule has 2 rings (SSSR count). The third-order valence-electron chi connectivity index (χ3n) is 2.22. The standard InChI is InChI=1S/C11H12IN3O3S/c12-11-5-4-10(18-11)7-14-8-2-1-3-9(6-8)15-19(13,16)17/h1-6,14-15H,7H2,(H2,13,16,17). The summed E-state index contributed by atoms with van der Waals surface area (Å²) < 4.78 is 30.3. The maximum absolute atomic E-state index is 10.9. The number of hydrogen-bond acceptors (Lipinski definition) is 4. The van der Waals surface area contributed by atoms with Crippen LogP contribution in [-0.4, -0.2) is 8.42 Å². The van der Waals surface area contributed by atoms with Crippen molar-refractivity contribution in [1.82, 2.24) is 0 Å². The Balaban J connectivity index is 2.03. The van der Waals surface area contributed by atoms with E-state index in [2.05, 4.69) is 32.6 Å². The van der Waals surface area contributed by atoms with E-state index in [1.807, 2.05) is 18.2 Å². The minimum absolute atomic E-state index is 0.404. The molecule has 8 heteroatoms. The average molecular weight is 393 g/mol. The molecule has 0 aliphatic rings. The summed E-state index contributed by atoms with van der Waals surface area (Å²) in [7, 11) is -3.75. The molecule has 0 radical (unpaired) electrons. The molecule has 0 saturated heterocycles. The summed E-state index contributed by atoms with van der Waals surface area (Å²) in [6, 6.07) is 10.6. The average Bonchev–Trinajstić information content (AvgIpc) is 2.71. The van der Waals surface area contributed by atoms with Gasteiger partial charge in [-0.25, -0.2) is 5.14 Å². The Labute approximate surface area is 124 Å². The summed E-state index contributed by atoms with van der Waals surface area (Å²) in [5, 5.41) is 8.04. The highest BCUT2D eigenvalue weighted by atomic mass is 127. The zero-order chi connectivity index (χ0) is 13.9. The number of anilines is 2. The highest BCUT2D eigenvalue weighted by molar-refractivity contribution is 14.1. The Morgan fingerprint density at radius 1 is 1.21 bits per heavy atom. The molecule has 0 atom stereocenters. The summed E-state index contributed by atoms with van der Waals surface area (Å²) in [4.78, 5) is 0. The molecule has 1 aromatic carbocycles. The Hall–Kier alpha value is -1.26. The predicted octanol–water partition coefficient (Wildman–Crippen LogP) is 2.11. The van der Waals surface area contributed by atoms with Crippen molar-refractivity contribution in [2.75, 3.05) is 10.0 Å². The number of furan rings is 1. The van der Waals surface area contributed by atoms with Crippen LogP contribution in [0.5, 0.6) is 0 Å². The van der Waals surface area contributed by atoms with Gasteiger partial charge in [0.25, 0.3) is 10.2 Å². The molecule has 1 heterocycles. The molecule has 0 fully saturated rings. The molecular formula is C11H12IN3O3S. The van der Waals surface area contributed by atoms with E-state index in [0.29, 0.717) is 12.2 Å². The number of nitrogens with one attached hydrogen (secondary N) is 2. The number of hydrogen-bond donors (Lipinski definition) is 3. The molecule has 0 aliphatic heterocycles. The molecule has 0 bridgehead atoms. The highest BCUT2D eigenvalue weighted by Gasteiger charge is 2.03. The van der Waals surface area contributed by atoms with E-state index in [9.17, 15) is 8.42 Å². The fraction of sp³-hybridized carbons (Fsp3) is 0.0909. The summed E-state index contributed by atoms with van der Waals surface area (Å²) in [6.45, 7) is 0.516. The molecule has 0 saturated carbocycles. The highest BCUT2D eigenvalue weighted by Crippen LogP contribution is 2.17. The van der Waals surface area contributed by atoms with Gasteiger partial charge >= 0.3 is 0 Å². The maximum atomic E-state index is 10.9. The van der Waals surface area contributed by atoms with Gasteiger partial charge in [-0.2, -0.15) is 8.42 Å². The molecule has 0 spiro atoms. The van der Waals surface area contributed by atoms with Gasteiger partial charge in [-0.05, 0) is 52.9 Å². The van der Waals surface area contributed by atoms with Crippen molar-refractivity contribution in [1.29, 1.82) is 0 Å². The predicted molar refractivity (Wildman–Crippen MR) is 81.9 cm³/mol. The smallest absolute Gasteiger partial charge is 0.296 e. The first kappa shape index (κ1) is 14.2. The lowest BCUT2D eigenvalue weighted by Gasteiger charge is -2.08. The van der Waals surface area contributed by atoms with Gasteiger partial charge in [0.15, 0.2) is 3.77 Å². The molecule has 6 nitrogen and oxygen atoms in total. The van der Waals surface area contributed by atoms with Crippen molar-refractivity contribution < 1.29 is 12.8 Å². The third kappa shape index (κ3) is 4.73. The molecule has 0 amide bonds. The van der Waals surface area contributed by atoms with E-state index in [-0.39, 0.29) is 0 Å². The van der Waals surface area contributed by atoms with E-state index >= 15 is 0 Å².